The Kier molecular flexibility index (Phi) is 4.78. The number of anilines is 2. The predicted octanol–water partition coefficient (Wildman–Crippen LogP) is 0.119. The Labute approximate surface area is 142 Å². The van der Waals surface area contributed by atoms with Crippen molar-refractivity contribution < 1.29 is 23.5 Å². The van der Waals surface area contributed by atoms with Crippen molar-refractivity contribution in [1.82, 2.24) is 10.3 Å². The number of hydrazone groups is 1. The Morgan fingerprint density at radius 2 is 2.20 bits per heavy atom. The fraction of sp³-hybridized carbons (Fsp3) is 0.333. The molecule has 0 saturated carbocycles. The fourth-order valence-electron chi connectivity index (χ4n) is 2.63. The molecule has 0 aromatic heterocycles. The van der Waals surface area contributed by atoms with Gasteiger partial charge in [-0.15, -0.1) is 0 Å². The molecular weight excluding hydrogens is 333 g/mol. The number of rotatable bonds is 6. The molecule has 0 radical (unpaired) electrons. The van der Waals surface area contributed by atoms with Gasteiger partial charge in [-0.1, -0.05) is 0 Å². The van der Waals surface area contributed by atoms with Gasteiger partial charge in [0.2, 0.25) is 12.8 Å². The summed E-state index contributed by atoms with van der Waals surface area (Å²) in [5.74, 6) is -0.522. The van der Waals surface area contributed by atoms with Gasteiger partial charge in [0.15, 0.2) is 0 Å². The maximum Gasteiger partial charge on any atom is 0.414 e. The first-order valence-electron chi connectivity index (χ1n) is 7.60. The third-order valence-electron chi connectivity index (χ3n) is 3.89. The minimum absolute atomic E-state index is 0.198. The lowest BCUT2D eigenvalue weighted by atomic mass is 10.2. The van der Waals surface area contributed by atoms with Crippen LogP contribution in [0.4, 0.5) is 20.6 Å². The van der Waals surface area contributed by atoms with Gasteiger partial charge < -0.3 is 15.0 Å². The van der Waals surface area contributed by atoms with Gasteiger partial charge in [-0.05, 0) is 18.2 Å². The minimum atomic E-state index is -0.592. The van der Waals surface area contributed by atoms with E-state index in [0.29, 0.717) is 37.3 Å². The summed E-state index contributed by atoms with van der Waals surface area (Å²) < 4.78 is 19.6. The zero-order valence-electron chi connectivity index (χ0n) is 13.2. The number of benzene rings is 1. The van der Waals surface area contributed by atoms with Gasteiger partial charge >= 0.3 is 6.09 Å². The molecule has 2 aliphatic heterocycles. The van der Waals surface area contributed by atoms with Crippen molar-refractivity contribution in [3.8, 4) is 0 Å². The van der Waals surface area contributed by atoms with Crippen LogP contribution in [0.5, 0.6) is 0 Å². The molecule has 10 heteroatoms. The van der Waals surface area contributed by atoms with E-state index in [2.05, 4.69) is 10.4 Å². The Balaban J connectivity index is 1.73. The molecule has 0 spiro atoms. The van der Waals surface area contributed by atoms with E-state index in [0.717, 1.165) is 0 Å². The summed E-state index contributed by atoms with van der Waals surface area (Å²) in [5.41, 5.74) is 0.660. The molecule has 1 N–H and O–H groups in total. The van der Waals surface area contributed by atoms with Crippen LogP contribution in [0.15, 0.2) is 23.3 Å². The van der Waals surface area contributed by atoms with Crippen LogP contribution >= 0.6 is 0 Å². The van der Waals surface area contributed by atoms with E-state index in [1.807, 2.05) is 0 Å². The van der Waals surface area contributed by atoms with E-state index < -0.39 is 18.0 Å². The Bertz CT molecular complexity index is 713. The summed E-state index contributed by atoms with van der Waals surface area (Å²) in [7, 11) is 0. The van der Waals surface area contributed by atoms with Gasteiger partial charge in [0.25, 0.3) is 0 Å². The first-order valence-corrected chi connectivity index (χ1v) is 7.60. The summed E-state index contributed by atoms with van der Waals surface area (Å²) in [6.07, 6.45) is 1.43. The number of hydrogen-bond acceptors (Lipinski definition) is 6. The lowest BCUT2D eigenvalue weighted by Gasteiger charge is -2.27. The van der Waals surface area contributed by atoms with Crippen molar-refractivity contribution in [2.75, 3.05) is 36.0 Å². The van der Waals surface area contributed by atoms with E-state index >= 15 is 0 Å². The van der Waals surface area contributed by atoms with E-state index in [1.165, 1.54) is 28.4 Å². The minimum Gasteiger partial charge on any atom is -0.442 e. The number of cyclic esters (lactones) is 1. The number of ether oxygens (including phenoxy) is 1. The predicted molar refractivity (Wildman–Crippen MR) is 86.7 cm³/mol. The molecule has 1 aromatic rings. The second-order valence-electron chi connectivity index (χ2n) is 5.47. The van der Waals surface area contributed by atoms with Crippen LogP contribution < -0.4 is 15.1 Å². The highest BCUT2D eigenvalue weighted by Gasteiger charge is 2.32. The second-order valence-corrected chi connectivity index (χ2v) is 5.47. The standard InChI is InChI=1S/C15H16FN5O4/c16-13-5-11(21-7-12(6-17-9-22)25-15(21)24)1-2-14(13)19-3-4-20(10-23)18-8-19/h1-2,5,8-10,12H,3-4,6-7H2,(H,17,22). The molecule has 1 aromatic carbocycles. The van der Waals surface area contributed by atoms with Crippen molar-refractivity contribution in [3.05, 3.63) is 24.0 Å². The van der Waals surface area contributed by atoms with Gasteiger partial charge in [0, 0.05) is 6.54 Å². The molecule has 3 amide bonds. The molecule has 132 valence electrons. The maximum atomic E-state index is 14.5. The van der Waals surface area contributed by atoms with Gasteiger partial charge in [-0.25, -0.2) is 14.2 Å². The summed E-state index contributed by atoms with van der Waals surface area (Å²) in [6.45, 7) is 1.18. The average molecular weight is 349 g/mol. The first kappa shape index (κ1) is 16.7. The SMILES string of the molecule is O=CNCC1CN(c2ccc(N3C=NN(C=O)CC3)c(F)c2)C(=O)O1. The van der Waals surface area contributed by atoms with Crippen molar-refractivity contribution in [2.24, 2.45) is 5.10 Å². The van der Waals surface area contributed by atoms with Crippen LogP contribution in [0.1, 0.15) is 0 Å². The van der Waals surface area contributed by atoms with Crippen LogP contribution in [-0.4, -0.2) is 62.5 Å². The lowest BCUT2D eigenvalue weighted by molar-refractivity contribution is -0.118. The maximum absolute atomic E-state index is 14.5. The molecule has 0 aliphatic carbocycles. The summed E-state index contributed by atoms with van der Waals surface area (Å²) in [5, 5.41) is 7.54. The van der Waals surface area contributed by atoms with Crippen molar-refractivity contribution in [3.63, 3.8) is 0 Å². The number of amides is 3. The highest BCUT2D eigenvalue weighted by molar-refractivity contribution is 5.90. The van der Waals surface area contributed by atoms with Crippen LogP contribution in [0.25, 0.3) is 0 Å². The van der Waals surface area contributed by atoms with Crippen LogP contribution in [-0.2, 0) is 14.3 Å². The number of nitrogens with zero attached hydrogens (tertiary/aromatic N) is 4. The molecular formula is C15H16FN5O4. The zero-order chi connectivity index (χ0) is 17.8. The third kappa shape index (κ3) is 3.52. The highest BCUT2D eigenvalue weighted by Crippen LogP contribution is 2.27. The highest BCUT2D eigenvalue weighted by atomic mass is 19.1. The molecule has 1 saturated heterocycles. The quantitative estimate of drug-likeness (QED) is 0.736. The van der Waals surface area contributed by atoms with Crippen LogP contribution in [0.3, 0.4) is 0 Å². The molecule has 1 unspecified atom stereocenters. The topological polar surface area (TPSA) is 94.5 Å². The molecule has 0 bridgehead atoms. The normalized spacial score (nSPS) is 19.8. The van der Waals surface area contributed by atoms with E-state index in [-0.39, 0.29) is 13.1 Å². The van der Waals surface area contributed by atoms with Gasteiger partial charge in [0.05, 0.1) is 31.0 Å². The Hall–Kier alpha value is -3.17. The van der Waals surface area contributed by atoms with E-state index in [9.17, 15) is 18.8 Å². The monoisotopic (exact) mass is 349 g/mol. The van der Waals surface area contributed by atoms with Crippen LogP contribution in [0, 0.1) is 5.82 Å². The zero-order valence-corrected chi connectivity index (χ0v) is 13.2. The van der Waals surface area contributed by atoms with Crippen molar-refractivity contribution >= 4 is 36.6 Å². The number of nitrogens with one attached hydrogen (secondary N) is 1. The largest absolute Gasteiger partial charge is 0.442 e. The van der Waals surface area contributed by atoms with Crippen molar-refractivity contribution in [2.45, 2.75) is 6.10 Å². The van der Waals surface area contributed by atoms with E-state index in [1.54, 1.807) is 11.0 Å². The molecule has 25 heavy (non-hydrogen) atoms. The van der Waals surface area contributed by atoms with E-state index in [4.69, 9.17) is 4.74 Å². The number of hydrogen-bond donors (Lipinski definition) is 1. The molecule has 1 fully saturated rings. The fourth-order valence-corrected chi connectivity index (χ4v) is 2.63. The van der Waals surface area contributed by atoms with Crippen molar-refractivity contribution in [1.29, 1.82) is 0 Å². The van der Waals surface area contributed by atoms with Gasteiger partial charge in [-0.2, -0.15) is 5.10 Å². The number of carbonyl (C=O) groups excluding carboxylic acids is 3. The first-order chi connectivity index (χ1) is 12.1. The molecule has 2 aliphatic rings. The van der Waals surface area contributed by atoms with Crippen LogP contribution in [0.2, 0.25) is 0 Å². The molecule has 1 atom stereocenters. The smallest absolute Gasteiger partial charge is 0.414 e. The lowest BCUT2D eigenvalue weighted by Crippen LogP contribution is -2.37. The van der Waals surface area contributed by atoms with Gasteiger partial charge in [-0.3, -0.25) is 14.5 Å². The molecule has 3 rings (SSSR count). The molecule has 9 nitrogen and oxygen atoms in total. The second kappa shape index (κ2) is 7.16. The van der Waals surface area contributed by atoms with Gasteiger partial charge in [0.1, 0.15) is 18.3 Å². The Morgan fingerprint density at radius 3 is 2.84 bits per heavy atom. The number of carbonyl (C=O) groups is 3. The summed E-state index contributed by atoms with van der Waals surface area (Å²) in [6, 6.07) is 4.39. The number of halogens is 1. The Morgan fingerprint density at radius 1 is 1.36 bits per heavy atom. The third-order valence-corrected chi connectivity index (χ3v) is 3.89. The summed E-state index contributed by atoms with van der Waals surface area (Å²) in [4.78, 5) is 35.7. The summed E-state index contributed by atoms with van der Waals surface area (Å²) >= 11 is 0. The molecule has 2 heterocycles. The average Bonchev–Trinajstić information content (AvgIpc) is 3.00.